The number of nitrogens with one attached hydrogen (secondary N) is 1. The monoisotopic (exact) mass is 1180 g/mol. The SMILES string of the molecule is CCc1cccc2cc(O)cc(-c3ncc4c(N5CC6CCC(C5)N6C(=O)OC(C)(C)C)nc(OCCN5CCC(F)(COc6cc([C@H](C(=O)N7C[C@H](O)C[C@H]7C(=O)N[C@@H](C)c7ccc(-c8scnc8C)cc7)C(C)C)on6)CC5)nc4c3F)c12. The molecular weight excluding hydrogens is 1110 g/mol. The number of rotatable bonds is 17. The quantitative estimate of drug-likeness (QED) is 0.0772. The van der Waals surface area contributed by atoms with Crippen molar-refractivity contribution in [3.05, 3.63) is 101 Å². The van der Waals surface area contributed by atoms with Crippen molar-refractivity contribution in [2.24, 2.45) is 5.92 Å². The summed E-state index contributed by atoms with van der Waals surface area (Å²) in [6.45, 7) is 16.8. The number of hydrogen-bond acceptors (Lipinski definition) is 17. The van der Waals surface area contributed by atoms with Crippen LogP contribution in [0.2, 0.25) is 0 Å². The minimum absolute atomic E-state index is 0.00479. The van der Waals surface area contributed by atoms with E-state index in [4.69, 9.17) is 23.7 Å². The third-order valence-corrected chi connectivity index (χ3v) is 17.9. The summed E-state index contributed by atoms with van der Waals surface area (Å²) in [6, 6.07) is 16.7. The van der Waals surface area contributed by atoms with Gasteiger partial charge in [-0.05, 0) is 117 Å². The summed E-state index contributed by atoms with van der Waals surface area (Å²) in [4.78, 5) is 68.7. The van der Waals surface area contributed by atoms with Crippen LogP contribution in [-0.2, 0) is 20.7 Å². The van der Waals surface area contributed by atoms with E-state index in [1.54, 1.807) is 23.6 Å². The fourth-order valence-electron chi connectivity index (χ4n) is 12.6. The van der Waals surface area contributed by atoms with E-state index in [1.807, 2.05) is 113 Å². The highest BCUT2D eigenvalue weighted by Gasteiger charge is 2.46. The number of aromatic hydroxyl groups is 1. The number of amides is 3. The Hall–Kier alpha value is -7.56. The van der Waals surface area contributed by atoms with E-state index in [9.17, 15) is 24.6 Å². The van der Waals surface area contributed by atoms with Gasteiger partial charge in [-0.3, -0.25) is 24.4 Å². The Balaban J connectivity index is 0.729. The van der Waals surface area contributed by atoms with Crippen molar-refractivity contribution in [2.45, 2.75) is 141 Å². The molecule has 4 aromatic heterocycles. The van der Waals surface area contributed by atoms with Gasteiger partial charge in [-0.25, -0.2) is 18.6 Å². The number of benzene rings is 3. The summed E-state index contributed by atoms with van der Waals surface area (Å²) >= 11 is 1.56. The van der Waals surface area contributed by atoms with Crippen LogP contribution in [0.15, 0.2) is 76.9 Å². The average Bonchev–Trinajstić information content (AvgIpc) is 1.75. The highest BCUT2D eigenvalue weighted by atomic mass is 32.1. The number of alkyl halides is 1. The third kappa shape index (κ3) is 12.5. The number of halogens is 2. The van der Waals surface area contributed by atoms with Crippen LogP contribution >= 0.6 is 11.3 Å². The molecule has 7 aromatic rings. The third-order valence-electron chi connectivity index (χ3n) is 17.0. The molecule has 3 N–H and O–H groups in total. The number of ether oxygens (including phenoxy) is 3. The Bertz CT molecular complexity index is 3590. The minimum atomic E-state index is -1.71. The van der Waals surface area contributed by atoms with Gasteiger partial charge >= 0.3 is 12.1 Å². The van der Waals surface area contributed by atoms with E-state index in [2.05, 4.69) is 30.3 Å². The molecule has 4 fully saturated rings. The molecule has 4 saturated heterocycles. The lowest BCUT2D eigenvalue weighted by molar-refractivity contribution is -0.141. The van der Waals surface area contributed by atoms with Gasteiger partial charge < -0.3 is 44.1 Å². The van der Waals surface area contributed by atoms with Crippen molar-refractivity contribution in [3.63, 3.8) is 0 Å². The van der Waals surface area contributed by atoms with E-state index in [-0.39, 0.29) is 110 Å². The molecule has 0 radical (unpaired) electrons. The largest absolute Gasteiger partial charge is 0.508 e. The van der Waals surface area contributed by atoms with Crippen LogP contribution in [0.25, 0.3) is 43.4 Å². The number of β-amino-alcohol motifs (C(OH)–C–C–N with tert-alkyl or cyclic N) is 1. The molecule has 19 nitrogen and oxygen atoms in total. The lowest BCUT2D eigenvalue weighted by atomic mass is 9.91. The first-order valence-electron chi connectivity index (χ1n) is 29.4. The van der Waals surface area contributed by atoms with Crippen molar-refractivity contribution >= 4 is 56.7 Å². The lowest BCUT2D eigenvalue weighted by Gasteiger charge is -2.42. The minimum Gasteiger partial charge on any atom is -0.508 e. The van der Waals surface area contributed by atoms with Crippen molar-refractivity contribution in [3.8, 4) is 39.3 Å². The predicted molar refractivity (Wildman–Crippen MR) is 318 cm³/mol. The lowest BCUT2D eigenvalue weighted by Crippen LogP contribution is -2.57. The van der Waals surface area contributed by atoms with E-state index >= 15 is 8.78 Å². The van der Waals surface area contributed by atoms with Gasteiger partial charge in [0.15, 0.2) is 11.6 Å². The number of thiazole rings is 1. The summed E-state index contributed by atoms with van der Waals surface area (Å²) in [5.41, 5.74) is 3.72. The number of likely N-dealkylation sites (tertiary alicyclic amines) is 2. The fourth-order valence-corrected chi connectivity index (χ4v) is 13.4. The summed E-state index contributed by atoms with van der Waals surface area (Å²) in [7, 11) is 0. The zero-order chi connectivity index (χ0) is 60.1. The number of phenolic OH excluding ortho intramolecular Hbond substituents is 1. The maximum Gasteiger partial charge on any atom is 0.410 e. The molecule has 0 saturated carbocycles. The molecule has 6 atom stereocenters. The van der Waals surface area contributed by atoms with Gasteiger partial charge in [0.1, 0.15) is 59.2 Å². The first-order valence-corrected chi connectivity index (χ1v) is 30.3. The highest BCUT2D eigenvalue weighted by Crippen LogP contribution is 2.41. The molecule has 4 aliphatic rings. The second-order valence-corrected chi connectivity index (χ2v) is 25.3. The average molecular weight is 1190 g/mol. The van der Waals surface area contributed by atoms with Crippen LogP contribution in [0.5, 0.6) is 17.6 Å². The van der Waals surface area contributed by atoms with E-state index in [0.717, 1.165) is 50.9 Å². The number of aliphatic hydroxyl groups excluding tert-OH is 1. The Morgan fingerprint density at radius 2 is 1.71 bits per heavy atom. The number of aryl methyl sites for hydroxylation is 2. The number of anilines is 1. The molecule has 3 amide bonds. The summed E-state index contributed by atoms with van der Waals surface area (Å²) < 4.78 is 57.6. The molecule has 85 heavy (non-hydrogen) atoms. The first kappa shape index (κ1) is 59.2. The maximum atomic E-state index is 17.4. The van der Waals surface area contributed by atoms with Gasteiger partial charge in [-0.1, -0.05) is 63.2 Å². The van der Waals surface area contributed by atoms with Gasteiger partial charge in [-0.15, -0.1) is 11.3 Å². The van der Waals surface area contributed by atoms with Crippen molar-refractivity contribution in [1.29, 1.82) is 0 Å². The Labute approximate surface area is 496 Å². The summed E-state index contributed by atoms with van der Waals surface area (Å²) in [5.74, 6) is -2.03. The predicted octanol–water partition coefficient (Wildman–Crippen LogP) is 10.1. The number of nitrogens with zero attached hydrogens (tertiary/aromatic N) is 9. The van der Waals surface area contributed by atoms with Crippen molar-refractivity contribution < 1.29 is 52.1 Å². The molecule has 0 spiro atoms. The molecule has 22 heteroatoms. The normalized spacial score (nSPS) is 20.5. The first-order chi connectivity index (χ1) is 40.6. The molecule has 3 aromatic carbocycles. The smallest absolute Gasteiger partial charge is 0.410 e. The number of piperazine rings is 1. The standard InChI is InChI=1S/C63H74F2N10O9S/c1-9-38-11-10-12-41-25-44(76)26-46(52(38)41)54-53(64)55-47(29-66-54)57(73-30-42-17-18-43(31-73)75(42)61(80)83-62(6,7)8)70-60(69-55)81-24-23-72-21-19-63(65,20-22-72)33-82-50-28-49(84-71-50)51(35(2)3)59(79)74-32-45(77)27-48(74)58(78)68-36(4)39-13-15-40(16-14-39)56-37(5)67-34-85-56/h10-16,25-26,28-29,34-36,42-43,45,48,51,76-77H,9,17-24,27,30-33H2,1-8H3,(H,68,78)/t36-,42?,43?,45+,48-,51+/m0/s1. The van der Waals surface area contributed by atoms with Gasteiger partial charge in [0.25, 0.3) is 5.88 Å². The van der Waals surface area contributed by atoms with Gasteiger partial charge in [0.05, 0.1) is 45.7 Å². The molecule has 8 heterocycles. The van der Waals surface area contributed by atoms with Crippen LogP contribution in [-0.4, -0.2) is 156 Å². The highest BCUT2D eigenvalue weighted by molar-refractivity contribution is 7.13. The number of fused-ring (bicyclic) bond motifs is 4. The molecule has 0 aliphatic carbocycles. The molecule has 450 valence electrons. The van der Waals surface area contributed by atoms with Crippen molar-refractivity contribution in [2.75, 3.05) is 57.4 Å². The fraction of sp³-hybridized carbons (Fsp3) is 0.492. The number of carbonyl (C=O) groups excluding carboxylic acids is 3. The topological polar surface area (TPSA) is 222 Å². The van der Waals surface area contributed by atoms with E-state index < -0.39 is 41.1 Å². The number of aromatic nitrogens is 5. The zero-order valence-corrected chi connectivity index (χ0v) is 50.1. The zero-order valence-electron chi connectivity index (χ0n) is 49.3. The van der Waals surface area contributed by atoms with Crippen LogP contribution < -0.4 is 19.7 Å². The number of carbonyl (C=O) groups is 3. The Kier molecular flexibility index (Phi) is 16.8. The van der Waals surface area contributed by atoms with Crippen LogP contribution in [0.1, 0.15) is 115 Å². The Morgan fingerprint density at radius 3 is 2.39 bits per heavy atom. The molecule has 2 unspecified atom stereocenters. The molecule has 4 aliphatic heterocycles. The van der Waals surface area contributed by atoms with Gasteiger partial charge in [0.2, 0.25) is 11.8 Å². The van der Waals surface area contributed by atoms with Gasteiger partial charge in [0, 0.05) is 63.5 Å². The number of piperidine rings is 1. The second kappa shape index (κ2) is 24.1. The van der Waals surface area contributed by atoms with Crippen molar-refractivity contribution in [1.82, 2.24) is 45.1 Å². The van der Waals surface area contributed by atoms with Crippen LogP contribution in [0.4, 0.5) is 19.4 Å². The molecular formula is C63H74F2N10O9S. The number of pyridine rings is 1. The van der Waals surface area contributed by atoms with Gasteiger partial charge in [-0.2, -0.15) is 9.97 Å². The Morgan fingerprint density at radius 1 is 0.965 bits per heavy atom. The number of phenols is 1. The van der Waals surface area contributed by atoms with E-state index in [0.29, 0.717) is 55.9 Å². The van der Waals surface area contributed by atoms with E-state index in [1.165, 1.54) is 17.0 Å². The van der Waals surface area contributed by atoms with Crippen LogP contribution in [0, 0.1) is 18.7 Å². The second-order valence-electron chi connectivity index (χ2n) is 24.5. The molecule has 2 bridgehead atoms. The number of aliphatic hydroxyl groups is 1. The summed E-state index contributed by atoms with van der Waals surface area (Å²) in [5, 5.41) is 30.6. The van der Waals surface area contributed by atoms with Crippen LogP contribution in [0.3, 0.4) is 0 Å². The number of hydrogen-bond donors (Lipinski definition) is 3. The maximum absolute atomic E-state index is 17.4. The summed E-state index contributed by atoms with van der Waals surface area (Å²) in [6.07, 6.45) is 2.86. The molecule has 11 rings (SSSR count).